The summed E-state index contributed by atoms with van der Waals surface area (Å²) in [6.45, 7) is 4.70. The maximum absolute atomic E-state index is 12.6. The van der Waals surface area contributed by atoms with Crippen LogP contribution in [0.25, 0.3) is 0 Å². The molecule has 8 heteroatoms. The third-order valence-electron chi connectivity index (χ3n) is 4.26. The van der Waals surface area contributed by atoms with E-state index in [0.717, 1.165) is 0 Å². The quantitative estimate of drug-likeness (QED) is 0.759. The summed E-state index contributed by atoms with van der Waals surface area (Å²) in [5.41, 5.74) is 0.475. The molecule has 0 aliphatic carbocycles. The van der Waals surface area contributed by atoms with E-state index in [0.29, 0.717) is 23.6 Å². The molecule has 1 aromatic rings. The van der Waals surface area contributed by atoms with Crippen molar-refractivity contribution in [1.82, 2.24) is 10.2 Å². The lowest BCUT2D eigenvalue weighted by molar-refractivity contribution is -0.133. The Morgan fingerprint density at radius 3 is 2.46 bits per heavy atom. The highest BCUT2D eigenvalue weighted by atomic mass is 35.5. The van der Waals surface area contributed by atoms with Crippen LogP contribution in [0, 0.1) is 5.92 Å². The molecule has 0 spiro atoms. The number of hydrogen-bond acceptors (Lipinski definition) is 4. The van der Waals surface area contributed by atoms with E-state index in [1.807, 2.05) is 13.8 Å². The van der Waals surface area contributed by atoms with Gasteiger partial charge in [-0.2, -0.15) is 0 Å². The third-order valence-corrected chi connectivity index (χ3v) is 6.26. The molecule has 144 valence electrons. The van der Waals surface area contributed by atoms with Gasteiger partial charge in [0.1, 0.15) is 0 Å². The van der Waals surface area contributed by atoms with Gasteiger partial charge in [-0.3, -0.25) is 9.59 Å². The summed E-state index contributed by atoms with van der Waals surface area (Å²) < 4.78 is 23.5. The molecule has 0 aromatic heterocycles. The van der Waals surface area contributed by atoms with Gasteiger partial charge in [-0.1, -0.05) is 25.4 Å². The molecule has 2 amide bonds. The van der Waals surface area contributed by atoms with Crippen LogP contribution in [-0.2, 0) is 14.6 Å². The number of carbonyl (C=O) groups excluding carboxylic acids is 2. The maximum atomic E-state index is 12.6. The largest absolute Gasteiger partial charge is 0.352 e. The minimum absolute atomic E-state index is 0.0304. The summed E-state index contributed by atoms with van der Waals surface area (Å²) in [4.78, 5) is 26.3. The molecule has 0 bridgehead atoms. The van der Waals surface area contributed by atoms with E-state index in [1.54, 1.807) is 29.2 Å². The topological polar surface area (TPSA) is 83.6 Å². The lowest BCUT2D eigenvalue weighted by Gasteiger charge is -2.30. The molecule has 0 radical (unpaired) electrons. The van der Waals surface area contributed by atoms with Crippen molar-refractivity contribution in [2.75, 3.05) is 24.6 Å². The number of rotatable bonds is 7. The molecule has 1 aliphatic heterocycles. The average Bonchev–Trinajstić information content (AvgIpc) is 2.92. The number of nitrogens with one attached hydrogen (secondary N) is 1. The summed E-state index contributed by atoms with van der Waals surface area (Å²) in [6.07, 6.45) is 0.626. The molecule has 1 heterocycles. The van der Waals surface area contributed by atoms with Crippen LogP contribution in [0.15, 0.2) is 24.3 Å². The van der Waals surface area contributed by atoms with E-state index in [2.05, 4.69) is 5.32 Å². The molecule has 0 saturated carbocycles. The lowest BCUT2D eigenvalue weighted by atomic mass is 10.1. The SMILES string of the molecule is CC(C)CN(C(=O)CCNC(=O)c1ccc(Cl)cc1)[C@@H]1CCS(=O)(=O)C1. The number of halogens is 1. The maximum Gasteiger partial charge on any atom is 0.251 e. The van der Waals surface area contributed by atoms with Crippen molar-refractivity contribution in [2.24, 2.45) is 5.92 Å². The molecule has 6 nitrogen and oxygen atoms in total. The number of hydrogen-bond donors (Lipinski definition) is 1. The molecule has 1 N–H and O–H groups in total. The van der Waals surface area contributed by atoms with Crippen molar-refractivity contribution in [1.29, 1.82) is 0 Å². The average molecular weight is 401 g/mol. The fourth-order valence-electron chi connectivity index (χ4n) is 3.00. The standard InChI is InChI=1S/C18H25ClN2O4S/c1-13(2)11-21(16-8-10-26(24,25)12-16)17(22)7-9-20-18(23)14-3-5-15(19)6-4-14/h3-6,13,16H,7-12H2,1-2H3,(H,20,23)/t16-/m1/s1. The minimum atomic E-state index is -3.06. The van der Waals surface area contributed by atoms with Crippen LogP contribution in [0.5, 0.6) is 0 Å². The van der Waals surface area contributed by atoms with E-state index >= 15 is 0 Å². The molecule has 2 rings (SSSR count). The highest BCUT2D eigenvalue weighted by molar-refractivity contribution is 7.91. The first-order chi connectivity index (χ1) is 12.2. The summed E-state index contributed by atoms with van der Waals surface area (Å²) in [5.74, 6) is 0.00607. The van der Waals surface area contributed by atoms with E-state index in [-0.39, 0.29) is 48.2 Å². The zero-order chi connectivity index (χ0) is 19.3. The second-order valence-electron chi connectivity index (χ2n) is 7.01. The van der Waals surface area contributed by atoms with Gasteiger partial charge in [0.2, 0.25) is 5.91 Å². The summed E-state index contributed by atoms with van der Waals surface area (Å²) in [6, 6.07) is 6.24. The van der Waals surface area contributed by atoms with Gasteiger partial charge in [0.25, 0.3) is 5.91 Å². The second kappa shape index (κ2) is 8.86. The molecular weight excluding hydrogens is 376 g/mol. The molecule has 1 atom stereocenters. The Balaban J connectivity index is 1.90. The first-order valence-electron chi connectivity index (χ1n) is 8.71. The highest BCUT2D eigenvalue weighted by Crippen LogP contribution is 2.20. The number of benzene rings is 1. The predicted molar refractivity (Wildman–Crippen MR) is 102 cm³/mol. The Labute approximate surface area is 159 Å². The first-order valence-corrected chi connectivity index (χ1v) is 10.9. The van der Waals surface area contributed by atoms with Crippen LogP contribution in [0.4, 0.5) is 0 Å². The number of sulfone groups is 1. The van der Waals surface area contributed by atoms with Gasteiger partial charge in [-0.15, -0.1) is 0 Å². The fourth-order valence-corrected chi connectivity index (χ4v) is 4.86. The number of carbonyl (C=O) groups is 2. The van der Waals surface area contributed by atoms with Crippen molar-refractivity contribution in [3.63, 3.8) is 0 Å². The van der Waals surface area contributed by atoms with Crippen molar-refractivity contribution < 1.29 is 18.0 Å². The smallest absolute Gasteiger partial charge is 0.251 e. The number of amides is 2. The molecule has 1 saturated heterocycles. The molecule has 26 heavy (non-hydrogen) atoms. The molecular formula is C18H25ClN2O4S. The second-order valence-corrected chi connectivity index (χ2v) is 9.67. The summed E-state index contributed by atoms with van der Waals surface area (Å²) >= 11 is 5.80. The third kappa shape index (κ3) is 5.99. The Bertz CT molecular complexity index is 747. The van der Waals surface area contributed by atoms with Gasteiger partial charge in [0.05, 0.1) is 11.5 Å². The molecule has 1 aliphatic rings. The van der Waals surface area contributed by atoms with Gasteiger partial charge >= 0.3 is 0 Å². The summed E-state index contributed by atoms with van der Waals surface area (Å²) in [5, 5.41) is 3.27. The van der Waals surface area contributed by atoms with Gasteiger partial charge < -0.3 is 10.2 Å². The van der Waals surface area contributed by atoms with Gasteiger partial charge in [-0.25, -0.2) is 8.42 Å². The van der Waals surface area contributed by atoms with Crippen LogP contribution in [0.3, 0.4) is 0 Å². The Hall–Kier alpha value is -1.60. The van der Waals surface area contributed by atoms with Crippen molar-refractivity contribution in [2.45, 2.75) is 32.7 Å². The summed E-state index contributed by atoms with van der Waals surface area (Å²) in [7, 11) is -3.06. The van der Waals surface area contributed by atoms with Crippen LogP contribution >= 0.6 is 11.6 Å². The Morgan fingerprint density at radius 2 is 1.92 bits per heavy atom. The fraction of sp³-hybridized carbons (Fsp3) is 0.556. The van der Waals surface area contributed by atoms with Gasteiger partial charge in [0.15, 0.2) is 9.84 Å². The Kier molecular flexibility index (Phi) is 7.06. The first kappa shape index (κ1) is 20.7. The predicted octanol–water partition coefficient (Wildman–Crippen LogP) is 2.13. The van der Waals surface area contributed by atoms with E-state index < -0.39 is 9.84 Å². The van der Waals surface area contributed by atoms with Crippen LogP contribution < -0.4 is 5.32 Å². The monoisotopic (exact) mass is 400 g/mol. The van der Waals surface area contributed by atoms with Crippen LogP contribution in [0.2, 0.25) is 5.02 Å². The van der Waals surface area contributed by atoms with Crippen molar-refractivity contribution in [3.05, 3.63) is 34.9 Å². The zero-order valence-corrected chi connectivity index (χ0v) is 16.6. The van der Waals surface area contributed by atoms with Crippen LogP contribution in [0.1, 0.15) is 37.0 Å². The van der Waals surface area contributed by atoms with Crippen LogP contribution in [-0.4, -0.2) is 55.8 Å². The van der Waals surface area contributed by atoms with Crippen molar-refractivity contribution in [3.8, 4) is 0 Å². The molecule has 1 aromatic carbocycles. The van der Waals surface area contributed by atoms with E-state index in [1.165, 1.54) is 0 Å². The number of nitrogens with zero attached hydrogens (tertiary/aromatic N) is 1. The van der Waals surface area contributed by atoms with E-state index in [4.69, 9.17) is 11.6 Å². The Morgan fingerprint density at radius 1 is 1.27 bits per heavy atom. The highest BCUT2D eigenvalue weighted by Gasteiger charge is 2.34. The molecule has 0 unspecified atom stereocenters. The minimum Gasteiger partial charge on any atom is -0.352 e. The van der Waals surface area contributed by atoms with Crippen molar-refractivity contribution >= 4 is 33.3 Å². The normalized spacial score (nSPS) is 18.7. The van der Waals surface area contributed by atoms with Gasteiger partial charge in [-0.05, 0) is 36.6 Å². The molecule has 1 fully saturated rings. The zero-order valence-electron chi connectivity index (χ0n) is 15.1. The van der Waals surface area contributed by atoms with Gasteiger partial charge in [0, 0.05) is 36.1 Å². The van der Waals surface area contributed by atoms with E-state index in [9.17, 15) is 18.0 Å². The lowest BCUT2D eigenvalue weighted by Crippen LogP contribution is -2.44.